The molecule has 0 bridgehead atoms. The second kappa shape index (κ2) is 8.37. The van der Waals surface area contributed by atoms with Crippen LogP contribution in [0, 0.1) is 5.92 Å². The third kappa shape index (κ3) is 4.53. The number of carbonyl (C=O) groups excluding carboxylic acids is 2. The van der Waals surface area contributed by atoms with E-state index < -0.39 is 0 Å². The lowest BCUT2D eigenvalue weighted by Gasteiger charge is -2.26. The lowest BCUT2D eigenvalue weighted by atomic mass is 9.94. The van der Waals surface area contributed by atoms with E-state index in [1.54, 1.807) is 31.4 Å². The van der Waals surface area contributed by atoms with Gasteiger partial charge in [-0.15, -0.1) is 0 Å². The van der Waals surface area contributed by atoms with Gasteiger partial charge in [0.05, 0.1) is 13.0 Å². The van der Waals surface area contributed by atoms with Crippen LogP contribution in [-0.2, 0) is 4.79 Å². The van der Waals surface area contributed by atoms with E-state index in [0.29, 0.717) is 11.6 Å². The van der Waals surface area contributed by atoms with E-state index in [0.717, 1.165) is 37.9 Å². The minimum absolute atomic E-state index is 0.0711. The fourth-order valence-electron chi connectivity index (χ4n) is 4.00. The Balaban J connectivity index is 1.56. The first kappa shape index (κ1) is 17.8. The summed E-state index contributed by atoms with van der Waals surface area (Å²) >= 11 is 0. The van der Waals surface area contributed by atoms with Crippen LogP contribution in [0.4, 0.5) is 0 Å². The predicted molar refractivity (Wildman–Crippen MR) is 96.6 cm³/mol. The normalized spacial score (nSPS) is 23.9. The molecule has 0 saturated heterocycles. The van der Waals surface area contributed by atoms with Gasteiger partial charge in [-0.25, -0.2) is 0 Å². The maximum absolute atomic E-state index is 12.6. The largest absolute Gasteiger partial charge is 0.497 e. The van der Waals surface area contributed by atoms with Gasteiger partial charge >= 0.3 is 0 Å². The van der Waals surface area contributed by atoms with Gasteiger partial charge in [0.25, 0.3) is 5.91 Å². The lowest BCUT2D eigenvalue weighted by molar-refractivity contribution is -0.126. The van der Waals surface area contributed by atoms with Crippen LogP contribution in [0.3, 0.4) is 0 Å². The highest BCUT2D eigenvalue weighted by molar-refractivity contribution is 5.95. The Morgan fingerprint density at radius 1 is 0.920 bits per heavy atom. The van der Waals surface area contributed by atoms with E-state index in [-0.39, 0.29) is 23.8 Å². The summed E-state index contributed by atoms with van der Waals surface area (Å²) in [6.45, 7) is 0. The molecule has 2 amide bonds. The SMILES string of the molecule is COc1ccc(C(=O)N[C@@H]2CCC[C@@H]2C(=O)NC2CCCCC2)cc1. The highest BCUT2D eigenvalue weighted by Crippen LogP contribution is 2.27. The molecule has 5 heteroatoms. The number of ether oxygens (including phenoxy) is 1. The topological polar surface area (TPSA) is 67.4 Å². The first-order valence-corrected chi connectivity index (χ1v) is 9.42. The molecule has 25 heavy (non-hydrogen) atoms. The van der Waals surface area contributed by atoms with Crippen molar-refractivity contribution in [1.29, 1.82) is 0 Å². The molecule has 2 saturated carbocycles. The number of rotatable bonds is 5. The molecule has 0 spiro atoms. The van der Waals surface area contributed by atoms with Crippen molar-refractivity contribution in [3.8, 4) is 5.75 Å². The van der Waals surface area contributed by atoms with E-state index in [4.69, 9.17) is 4.74 Å². The van der Waals surface area contributed by atoms with Gasteiger partial charge in [-0.05, 0) is 49.9 Å². The molecule has 2 N–H and O–H groups in total. The number of benzene rings is 1. The zero-order valence-electron chi connectivity index (χ0n) is 14.9. The van der Waals surface area contributed by atoms with Crippen LogP contribution in [-0.4, -0.2) is 31.0 Å². The molecule has 2 fully saturated rings. The molecule has 5 nitrogen and oxygen atoms in total. The quantitative estimate of drug-likeness (QED) is 0.863. The van der Waals surface area contributed by atoms with Crippen LogP contribution in [0.15, 0.2) is 24.3 Å². The van der Waals surface area contributed by atoms with Crippen molar-refractivity contribution >= 4 is 11.8 Å². The van der Waals surface area contributed by atoms with Gasteiger partial charge in [-0.3, -0.25) is 9.59 Å². The van der Waals surface area contributed by atoms with Crippen LogP contribution in [0.1, 0.15) is 61.7 Å². The summed E-state index contributed by atoms with van der Waals surface area (Å²) in [5.41, 5.74) is 0.596. The fourth-order valence-corrected chi connectivity index (χ4v) is 4.00. The smallest absolute Gasteiger partial charge is 0.251 e. The second-order valence-electron chi connectivity index (χ2n) is 7.19. The average molecular weight is 344 g/mol. The molecule has 0 unspecified atom stereocenters. The van der Waals surface area contributed by atoms with E-state index in [2.05, 4.69) is 10.6 Å². The highest BCUT2D eigenvalue weighted by atomic mass is 16.5. The number of methoxy groups -OCH3 is 1. The monoisotopic (exact) mass is 344 g/mol. The molecule has 2 atom stereocenters. The van der Waals surface area contributed by atoms with Crippen LogP contribution >= 0.6 is 0 Å². The van der Waals surface area contributed by atoms with E-state index in [1.807, 2.05) is 0 Å². The maximum Gasteiger partial charge on any atom is 0.251 e. The van der Waals surface area contributed by atoms with Crippen LogP contribution in [0.2, 0.25) is 0 Å². The van der Waals surface area contributed by atoms with Crippen molar-refractivity contribution in [2.75, 3.05) is 7.11 Å². The molecule has 0 aliphatic heterocycles. The fraction of sp³-hybridized carbons (Fsp3) is 0.600. The molecule has 0 radical (unpaired) electrons. The predicted octanol–water partition coefficient (Wildman–Crippen LogP) is 3.04. The Morgan fingerprint density at radius 2 is 1.64 bits per heavy atom. The van der Waals surface area contributed by atoms with Gasteiger partial charge in [0.15, 0.2) is 0 Å². The first-order valence-electron chi connectivity index (χ1n) is 9.42. The van der Waals surface area contributed by atoms with Gasteiger partial charge in [-0.1, -0.05) is 25.7 Å². The molecule has 136 valence electrons. The number of hydrogen-bond acceptors (Lipinski definition) is 3. The van der Waals surface area contributed by atoms with Crippen molar-refractivity contribution in [3.05, 3.63) is 29.8 Å². The molecular formula is C20H28N2O3. The third-order valence-electron chi connectivity index (χ3n) is 5.47. The Morgan fingerprint density at radius 3 is 2.32 bits per heavy atom. The van der Waals surface area contributed by atoms with E-state index in [9.17, 15) is 9.59 Å². The van der Waals surface area contributed by atoms with E-state index >= 15 is 0 Å². The van der Waals surface area contributed by atoms with Crippen LogP contribution < -0.4 is 15.4 Å². The molecule has 0 heterocycles. The van der Waals surface area contributed by atoms with Crippen molar-refractivity contribution in [2.24, 2.45) is 5.92 Å². The number of hydrogen-bond donors (Lipinski definition) is 2. The van der Waals surface area contributed by atoms with Crippen molar-refractivity contribution in [1.82, 2.24) is 10.6 Å². The Kier molecular flexibility index (Phi) is 5.95. The van der Waals surface area contributed by atoms with E-state index in [1.165, 1.54) is 19.3 Å². The van der Waals surface area contributed by atoms with Crippen LogP contribution in [0.25, 0.3) is 0 Å². The van der Waals surface area contributed by atoms with Gasteiger partial charge in [0, 0.05) is 17.6 Å². The van der Waals surface area contributed by atoms with Crippen molar-refractivity contribution < 1.29 is 14.3 Å². The molecule has 2 aliphatic carbocycles. The Bertz CT molecular complexity index is 593. The molecular weight excluding hydrogens is 316 g/mol. The lowest BCUT2D eigenvalue weighted by Crippen LogP contribution is -2.47. The average Bonchev–Trinajstić information content (AvgIpc) is 3.11. The second-order valence-corrected chi connectivity index (χ2v) is 7.19. The Hall–Kier alpha value is -2.04. The van der Waals surface area contributed by atoms with Gasteiger partial charge in [0.2, 0.25) is 5.91 Å². The molecule has 0 aromatic heterocycles. The number of amides is 2. The maximum atomic E-state index is 12.6. The minimum Gasteiger partial charge on any atom is -0.497 e. The molecule has 2 aliphatic rings. The number of carbonyl (C=O) groups is 2. The summed E-state index contributed by atoms with van der Waals surface area (Å²) in [6, 6.07) is 7.30. The minimum atomic E-state index is -0.120. The summed E-state index contributed by atoms with van der Waals surface area (Å²) in [5.74, 6) is 0.612. The molecule has 3 rings (SSSR count). The zero-order valence-corrected chi connectivity index (χ0v) is 14.9. The van der Waals surface area contributed by atoms with Gasteiger partial charge < -0.3 is 15.4 Å². The summed E-state index contributed by atoms with van der Waals surface area (Å²) in [7, 11) is 1.60. The summed E-state index contributed by atoms with van der Waals surface area (Å²) in [4.78, 5) is 25.1. The van der Waals surface area contributed by atoms with Crippen molar-refractivity contribution in [2.45, 2.75) is 63.5 Å². The van der Waals surface area contributed by atoms with Gasteiger partial charge in [0.1, 0.15) is 5.75 Å². The summed E-state index contributed by atoms with van der Waals surface area (Å²) < 4.78 is 5.12. The molecule has 1 aromatic rings. The van der Waals surface area contributed by atoms with Gasteiger partial charge in [-0.2, -0.15) is 0 Å². The standard InChI is InChI=1S/C20H28N2O3/c1-25-16-12-10-14(11-13-16)19(23)22-18-9-5-8-17(18)20(24)21-15-6-3-2-4-7-15/h10-13,15,17-18H,2-9H2,1H3,(H,21,24)(H,22,23)/t17-,18+/m0/s1. The van der Waals surface area contributed by atoms with Crippen LogP contribution in [0.5, 0.6) is 5.75 Å². The third-order valence-corrected chi connectivity index (χ3v) is 5.47. The Labute approximate surface area is 149 Å². The van der Waals surface area contributed by atoms with Crippen molar-refractivity contribution in [3.63, 3.8) is 0 Å². The molecule has 1 aromatic carbocycles. The zero-order chi connectivity index (χ0) is 17.6. The number of nitrogens with one attached hydrogen (secondary N) is 2. The summed E-state index contributed by atoms with van der Waals surface area (Å²) in [5, 5.41) is 6.27. The highest BCUT2D eigenvalue weighted by Gasteiger charge is 2.35. The first-order chi connectivity index (χ1) is 12.2. The summed E-state index contributed by atoms with van der Waals surface area (Å²) in [6.07, 6.45) is 8.55.